The molecule has 0 spiro atoms. The molecule has 0 saturated carbocycles. The van der Waals surface area contributed by atoms with Gasteiger partial charge in [0.2, 0.25) is 0 Å². The number of nitrogens with zero attached hydrogens (tertiary/aromatic N) is 2. The number of rotatable bonds is 7. The van der Waals surface area contributed by atoms with Gasteiger partial charge in [-0.25, -0.2) is 4.57 Å². The molecule has 6 heteroatoms. The van der Waals surface area contributed by atoms with Crippen LogP contribution in [0.1, 0.15) is 30.1 Å². The average molecular weight is 385 g/mol. The van der Waals surface area contributed by atoms with E-state index in [1.54, 1.807) is 30.5 Å². The van der Waals surface area contributed by atoms with Crippen LogP contribution in [0, 0.1) is 0 Å². The van der Waals surface area contributed by atoms with E-state index in [1.165, 1.54) is 0 Å². The Kier molecular flexibility index (Phi) is 8.06. The van der Waals surface area contributed by atoms with Crippen LogP contribution in [-0.4, -0.2) is 17.3 Å². The van der Waals surface area contributed by atoms with Crippen LogP contribution in [0.2, 0.25) is 5.02 Å². The highest BCUT2D eigenvalue weighted by atomic mass is 79.9. The molecule has 118 valence electrons. The Morgan fingerprint density at radius 1 is 1.32 bits per heavy atom. The molecular formula is C16H19BrClN3O. The van der Waals surface area contributed by atoms with Crippen LogP contribution in [0.3, 0.4) is 0 Å². The van der Waals surface area contributed by atoms with Crippen LogP contribution in [-0.2, 0) is 6.54 Å². The van der Waals surface area contributed by atoms with E-state index in [0.29, 0.717) is 16.5 Å². The van der Waals surface area contributed by atoms with Crippen LogP contribution in [0.15, 0.2) is 42.7 Å². The Balaban J connectivity index is 0.00000242. The van der Waals surface area contributed by atoms with Crippen molar-refractivity contribution in [2.75, 3.05) is 11.9 Å². The van der Waals surface area contributed by atoms with Gasteiger partial charge in [0.1, 0.15) is 12.7 Å². The van der Waals surface area contributed by atoms with Gasteiger partial charge >= 0.3 is 5.95 Å². The minimum absolute atomic E-state index is 0. The molecule has 1 aromatic carbocycles. The smallest absolute Gasteiger partial charge is 0.391 e. The summed E-state index contributed by atoms with van der Waals surface area (Å²) >= 11 is 5.84. The van der Waals surface area contributed by atoms with Gasteiger partial charge in [0.15, 0.2) is 5.78 Å². The number of anilines is 1. The van der Waals surface area contributed by atoms with Crippen LogP contribution in [0.4, 0.5) is 5.95 Å². The number of hydrogen-bond acceptors (Lipinski definition) is 3. The van der Waals surface area contributed by atoms with Gasteiger partial charge in [-0.3, -0.25) is 10.1 Å². The van der Waals surface area contributed by atoms with Gasteiger partial charge in [0.05, 0.1) is 12.7 Å². The first-order valence-electron chi connectivity index (χ1n) is 7.08. The summed E-state index contributed by atoms with van der Waals surface area (Å²) in [4.78, 5) is 16.6. The Morgan fingerprint density at radius 2 is 2.05 bits per heavy atom. The first kappa shape index (κ1) is 18.6. The van der Waals surface area contributed by atoms with Crippen LogP contribution < -0.4 is 26.9 Å². The summed E-state index contributed by atoms with van der Waals surface area (Å²) < 4.78 is 1.83. The lowest BCUT2D eigenvalue weighted by Gasteiger charge is -2.06. The van der Waals surface area contributed by atoms with E-state index in [4.69, 9.17) is 11.6 Å². The molecule has 2 rings (SSSR count). The van der Waals surface area contributed by atoms with E-state index in [1.807, 2.05) is 16.8 Å². The van der Waals surface area contributed by atoms with Crippen molar-refractivity contribution in [1.82, 2.24) is 4.98 Å². The van der Waals surface area contributed by atoms with Crippen LogP contribution >= 0.6 is 11.6 Å². The Hall–Kier alpha value is -1.46. The first-order chi connectivity index (χ1) is 10.2. The van der Waals surface area contributed by atoms with Crippen LogP contribution in [0.25, 0.3) is 0 Å². The molecule has 1 N–H and O–H groups in total. The second kappa shape index (κ2) is 9.54. The fourth-order valence-electron chi connectivity index (χ4n) is 1.93. The molecule has 1 aromatic heterocycles. The third-order valence-corrected chi connectivity index (χ3v) is 3.37. The molecule has 4 nitrogen and oxygen atoms in total. The monoisotopic (exact) mass is 383 g/mol. The number of Topliss-reactive ketones (excluding diaryl/α,β-unsaturated/α-hetero) is 1. The Bertz CT molecular complexity index is 605. The molecule has 22 heavy (non-hydrogen) atoms. The molecule has 1 heterocycles. The van der Waals surface area contributed by atoms with E-state index in [2.05, 4.69) is 17.2 Å². The van der Waals surface area contributed by atoms with Crippen molar-refractivity contribution in [2.45, 2.75) is 26.3 Å². The highest BCUT2D eigenvalue weighted by Gasteiger charge is 2.14. The summed E-state index contributed by atoms with van der Waals surface area (Å²) in [7, 11) is 0. The third kappa shape index (κ3) is 5.39. The Labute approximate surface area is 146 Å². The fourth-order valence-corrected chi connectivity index (χ4v) is 2.06. The number of benzene rings is 1. The maximum Gasteiger partial charge on any atom is 0.391 e. The van der Waals surface area contributed by atoms with Gasteiger partial charge in [0, 0.05) is 16.7 Å². The van der Waals surface area contributed by atoms with Crippen molar-refractivity contribution in [3.63, 3.8) is 0 Å². The Morgan fingerprint density at radius 3 is 2.73 bits per heavy atom. The minimum atomic E-state index is 0. The third-order valence-electron chi connectivity index (χ3n) is 3.11. The number of carbonyl (C=O) groups is 1. The van der Waals surface area contributed by atoms with Crippen molar-refractivity contribution in [3.8, 4) is 0 Å². The number of carbonyl (C=O) groups excluding carboxylic acids is 1. The second-order valence-corrected chi connectivity index (χ2v) is 5.22. The molecule has 0 fully saturated rings. The molecule has 0 saturated heterocycles. The second-order valence-electron chi connectivity index (χ2n) is 4.78. The number of hydrogen-bond donors (Lipinski definition) is 1. The van der Waals surface area contributed by atoms with Crippen molar-refractivity contribution in [3.05, 3.63) is 53.3 Å². The van der Waals surface area contributed by atoms with Gasteiger partial charge in [0.25, 0.3) is 0 Å². The van der Waals surface area contributed by atoms with E-state index in [9.17, 15) is 4.79 Å². The van der Waals surface area contributed by atoms with Crippen molar-refractivity contribution in [1.29, 1.82) is 0 Å². The maximum atomic E-state index is 12.3. The van der Waals surface area contributed by atoms with E-state index in [0.717, 1.165) is 19.4 Å². The molecule has 0 bridgehead atoms. The van der Waals surface area contributed by atoms with Crippen LogP contribution in [0.5, 0.6) is 0 Å². The van der Waals surface area contributed by atoms with E-state index < -0.39 is 0 Å². The zero-order chi connectivity index (χ0) is 15.1. The summed E-state index contributed by atoms with van der Waals surface area (Å²) in [6.45, 7) is 3.24. The summed E-state index contributed by atoms with van der Waals surface area (Å²) in [6, 6.07) is 8.75. The number of unbranched alkanes of at least 4 members (excludes halogenated alkanes) is 1. The highest BCUT2D eigenvalue weighted by molar-refractivity contribution is 6.30. The fraction of sp³-hybridized carbons (Fsp3) is 0.312. The SMILES string of the molecule is CCCCNc1nccc[n+]1CC(=O)c1ccc(Cl)cc1.[Br-]. The number of nitrogens with one attached hydrogen (secondary N) is 1. The number of halogens is 2. The average Bonchev–Trinajstić information content (AvgIpc) is 2.50. The molecule has 0 unspecified atom stereocenters. The molecule has 0 aliphatic carbocycles. The predicted molar refractivity (Wildman–Crippen MR) is 83.6 cm³/mol. The molecule has 0 amide bonds. The standard InChI is InChI=1S/C16H18ClN3O.BrH/c1-2-3-9-18-16-19-10-4-11-20(16)12-15(21)13-5-7-14(17)8-6-13;/h4-8,10-11H,2-3,9,12H2,1H3;1H. The zero-order valence-electron chi connectivity index (χ0n) is 12.4. The predicted octanol–water partition coefficient (Wildman–Crippen LogP) is 0.121. The summed E-state index contributed by atoms with van der Waals surface area (Å²) in [5.74, 6) is 0.747. The first-order valence-corrected chi connectivity index (χ1v) is 7.45. The van der Waals surface area contributed by atoms with E-state index >= 15 is 0 Å². The molecular weight excluding hydrogens is 366 g/mol. The lowest BCUT2D eigenvalue weighted by molar-refractivity contribution is -0.671. The quantitative estimate of drug-likeness (QED) is 0.419. The zero-order valence-corrected chi connectivity index (χ0v) is 14.8. The normalized spacial score (nSPS) is 9.91. The summed E-state index contributed by atoms with van der Waals surface area (Å²) in [5.41, 5.74) is 0.648. The van der Waals surface area contributed by atoms with Crippen molar-refractivity contribution in [2.24, 2.45) is 0 Å². The molecule has 0 radical (unpaired) electrons. The topological polar surface area (TPSA) is 45.9 Å². The van der Waals surface area contributed by atoms with E-state index in [-0.39, 0.29) is 29.3 Å². The lowest BCUT2D eigenvalue weighted by atomic mass is 10.1. The van der Waals surface area contributed by atoms with Crippen molar-refractivity contribution >= 4 is 23.3 Å². The van der Waals surface area contributed by atoms with Crippen molar-refractivity contribution < 1.29 is 26.3 Å². The molecule has 2 aromatic rings. The van der Waals surface area contributed by atoms with Gasteiger partial charge < -0.3 is 17.0 Å². The maximum absolute atomic E-state index is 12.3. The summed E-state index contributed by atoms with van der Waals surface area (Å²) in [5, 5.41) is 3.89. The largest absolute Gasteiger partial charge is 1.00 e. The summed E-state index contributed by atoms with van der Waals surface area (Å²) in [6.07, 6.45) is 5.76. The number of aromatic nitrogens is 2. The van der Waals surface area contributed by atoms with Gasteiger partial charge in [-0.2, -0.15) is 0 Å². The minimum Gasteiger partial charge on any atom is -1.00 e. The molecule has 0 aliphatic rings. The lowest BCUT2D eigenvalue weighted by Crippen LogP contribution is -3.00. The van der Waals surface area contributed by atoms with Gasteiger partial charge in [-0.1, -0.05) is 29.9 Å². The van der Waals surface area contributed by atoms with Gasteiger partial charge in [-0.05, 0) is 30.7 Å². The molecule has 0 atom stereocenters. The highest BCUT2D eigenvalue weighted by Crippen LogP contribution is 2.10. The molecule has 0 aliphatic heterocycles. The van der Waals surface area contributed by atoms with Gasteiger partial charge in [-0.15, -0.1) is 0 Å². The number of ketones is 1.